The summed E-state index contributed by atoms with van der Waals surface area (Å²) >= 11 is 0. The molecule has 0 spiro atoms. The normalized spacial score (nSPS) is 10.8. The van der Waals surface area contributed by atoms with E-state index in [2.05, 4.69) is 10.3 Å². The molecule has 0 radical (unpaired) electrons. The fraction of sp³-hybridized carbons (Fsp3) is 0.176. The smallest absolute Gasteiger partial charge is 0.258 e. The Bertz CT molecular complexity index is 678. The molecule has 0 bridgehead atoms. The zero-order valence-electron chi connectivity index (χ0n) is 12.1. The van der Waals surface area contributed by atoms with E-state index in [1.165, 1.54) is 0 Å². The van der Waals surface area contributed by atoms with Crippen LogP contribution < -0.4 is 5.32 Å². The molecule has 0 aliphatic rings. The van der Waals surface area contributed by atoms with E-state index >= 15 is 0 Å². The van der Waals surface area contributed by atoms with Gasteiger partial charge in [-0.15, -0.1) is 0 Å². The van der Waals surface area contributed by atoms with Gasteiger partial charge < -0.3 is 10.4 Å². The maximum Gasteiger partial charge on any atom is 0.258 e. The number of hydrogen-bond acceptors (Lipinski definition) is 3. The minimum absolute atomic E-state index is 0.205. The number of aliphatic hydroxyl groups is 1. The molecule has 2 aromatic carbocycles. The van der Waals surface area contributed by atoms with Crippen molar-refractivity contribution in [2.45, 2.75) is 20.5 Å². The molecular formula is C17H18N2O2. The molecule has 2 rings (SSSR count). The van der Waals surface area contributed by atoms with Gasteiger partial charge in [0.1, 0.15) is 0 Å². The van der Waals surface area contributed by atoms with Crippen molar-refractivity contribution < 1.29 is 9.90 Å². The Morgan fingerprint density at radius 1 is 1.24 bits per heavy atom. The molecule has 0 aliphatic heterocycles. The number of benzene rings is 2. The van der Waals surface area contributed by atoms with Gasteiger partial charge in [-0.3, -0.25) is 9.79 Å². The second kappa shape index (κ2) is 6.81. The number of nitrogens with zero attached hydrogens (tertiary/aromatic N) is 1. The Balaban J connectivity index is 2.41. The van der Waals surface area contributed by atoms with Crippen molar-refractivity contribution in [3.63, 3.8) is 0 Å². The van der Waals surface area contributed by atoms with Crippen LogP contribution in [-0.4, -0.2) is 17.2 Å². The summed E-state index contributed by atoms with van der Waals surface area (Å²) < 4.78 is 0. The summed E-state index contributed by atoms with van der Waals surface area (Å²) in [6.07, 6.45) is 1.63. The van der Waals surface area contributed by atoms with Crippen LogP contribution in [0.1, 0.15) is 28.4 Å². The summed E-state index contributed by atoms with van der Waals surface area (Å²) in [5.74, 6) is -0.269. The molecule has 0 unspecified atom stereocenters. The summed E-state index contributed by atoms with van der Waals surface area (Å²) in [6.45, 7) is 3.51. The minimum Gasteiger partial charge on any atom is -0.392 e. The average Bonchev–Trinajstić information content (AvgIpc) is 2.49. The molecule has 4 heteroatoms. The minimum atomic E-state index is -0.269. The molecule has 0 saturated carbocycles. The second-order valence-corrected chi connectivity index (χ2v) is 4.63. The lowest BCUT2D eigenvalue weighted by Crippen LogP contribution is -2.15. The average molecular weight is 282 g/mol. The molecule has 1 amide bonds. The summed E-state index contributed by atoms with van der Waals surface area (Å²) in [5, 5.41) is 12.3. The van der Waals surface area contributed by atoms with Crippen molar-refractivity contribution in [1.29, 1.82) is 0 Å². The van der Waals surface area contributed by atoms with Crippen molar-refractivity contribution >= 4 is 23.5 Å². The number of anilines is 1. The van der Waals surface area contributed by atoms with E-state index in [1.807, 2.05) is 31.2 Å². The van der Waals surface area contributed by atoms with Gasteiger partial charge >= 0.3 is 0 Å². The number of hydrogen-bond donors (Lipinski definition) is 2. The molecule has 0 heterocycles. The highest BCUT2D eigenvalue weighted by Crippen LogP contribution is 2.25. The van der Waals surface area contributed by atoms with Crippen LogP contribution in [0.3, 0.4) is 0 Å². The predicted octanol–water partition coefficient (Wildman–Crippen LogP) is 3.46. The number of rotatable bonds is 4. The third-order valence-corrected chi connectivity index (χ3v) is 3.19. The van der Waals surface area contributed by atoms with Crippen LogP contribution in [0.15, 0.2) is 47.5 Å². The molecule has 0 aliphatic carbocycles. The maximum atomic E-state index is 12.5. The first-order valence-electron chi connectivity index (χ1n) is 6.75. The van der Waals surface area contributed by atoms with Crippen molar-refractivity contribution in [2.24, 2.45) is 4.99 Å². The molecule has 21 heavy (non-hydrogen) atoms. The van der Waals surface area contributed by atoms with E-state index in [0.29, 0.717) is 16.8 Å². The molecule has 0 saturated heterocycles. The van der Waals surface area contributed by atoms with Gasteiger partial charge in [0.2, 0.25) is 0 Å². The van der Waals surface area contributed by atoms with E-state index < -0.39 is 0 Å². The lowest BCUT2D eigenvalue weighted by atomic mass is 10.0. The number of aryl methyl sites for hydroxylation is 1. The Labute approximate surface area is 124 Å². The lowest BCUT2D eigenvalue weighted by molar-refractivity contribution is 0.102. The van der Waals surface area contributed by atoms with Crippen LogP contribution >= 0.6 is 0 Å². The van der Waals surface area contributed by atoms with Gasteiger partial charge in [-0.1, -0.05) is 30.3 Å². The highest BCUT2D eigenvalue weighted by Gasteiger charge is 2.16. The third kappa shape index (κ3) is 3.35. The van der Waals surface area contributed by atoms with Crippen molar-refractivity contribution in [2.75, 3.05) is 5.32 Å². The van der Waals surface area contributed by atoms with Gasteiger partial charge in [0.15, 0.2) is 0 Å². The van der Waals surface area contributed by atoms with Gasteiger partial charge in [0, 0.05) is 11.9 Å². The number of amides is 1. The first kappa shape index (κ1) is 14.9. The van der Waals surface area contributed by atoms with Crippen LogP contribution in [-0.2, 0) is 6.61 Å². The molecule has 4 nitrogen and oxygen atoms in total. The molecular weight excluding hydrogens is 264 g/mol. The molecule has 0 atom stereocenters. The molecule has 0 fully saturated rings. The highest BCUT2D eigenvalue weighted by atomic mass is 16.3. The SMILES string of the molecule is CC=Nc1cccc(CO)c1C(=O)Nc1ccccc1C. The van der Waals surface area contributed by atoms with Gasteiger partial charge in [0.05, 0.1) is 17.9 Å². The molecule has 108 valence electrons. The Morgan fingerprint density at radius 3 is 2.67 bits per heavy atom. The summed E-state index contributed by atoms with van der Waals surface area (Å²) in [4.78, 5) is 16.7. The van der Waals surface area contributed by atoms with Gasteiger partial charge in [-0.05, 0) is 37.1 Å². The van der Waals surface area contributed by atoms with E-state index in [1.54, 1.807) is 31.3 Å². The van der Waals surface area contributed by atoms with Crippen LogP contribution in [0, 0.1) is 6.92 Å². The van der Waals surface area contributed by atoms with Crippen molar-refractivity contribution in [1.82, 2.24) is 0 Å². The third-order valence-electron chi connectivity index (χ3n) is 3.19. The standard InChI is InChI=1S/C17H18N2O2/c1-3-18-15-10-6-8-13(11-20)16(15)17(21)19-14-9-5-4-7-12(14)2/h3-10,20H,11H2,1-2H3,(H,19,21). The van der Waals surface area contributed by atoms with Crippen LogP contribution in [0.2, 0.25) is 0 Å². The Hall–Kier alpha value is -2.46. The zero-order valence-corrected chi connectivity index (χ0v) is 12.1. The molecule has 2 aromatic rings. The first-order valence-corrected chi connectivity index (χ1v) is 6.75. The van der Waals surface area contributed by atoms with Crippen LogP contribution in [0.25, 0.3) is 0 Å². The van der Waals surface area contributed by atoms with E-state index in [9.17, 15) is 9.90 Å². The summed E-state index contributed by atoms with van der Waals surface area (Å²) in [5.41, 5.74) is 3.25. The van der Waals surface area contributed by atoms with Gasteiger partial charge in [-0.25, -0.2) is 0 Å². The number of nitrogens with one attached hydrogen (secondary N) is 1. The van der Waals surface area contributed by atoms with E-state index in [4.69, 9.17) is 0 Å². The van der Waals surface area contributed by atoms with Crippen LogP contribution in [0.5, 0.6) is 0 Å². The number of aliphatic hydroxyl groups excluding tert-OH is 1. The Morgan fingerprint density at radius 2 is 2.00 bits per heavy atom. The molecule has 0 aromatic heterocycles. The van der Waals surface area contributed by atoms with E-state index in [-0.39, 0.29) is 12.5 Å². The van der Waals surface area contributed by atoms with Crippen LogP contribution in [0.4, 0.5) is 11.4 Å². The first-order chi connectivity index (χ1) is 10.2. The van der Waals surface area contributed by atoms with Crippen molar-refractivity contribution in [3.05, 3.63) is 59.2 Å². The monoisotopic (exact) mass is 282 g/mol. The fourth-order valence-corrected chi connectivity index (χ4v) is 2.13. The fourth-order valence-electron chi connectivity index (χ4n) is 2.13. The quantitative estimate of drug-likeness (QED) is 0.844. The van der Waals surface area contributed by atoms with Gasteiger partial charge in [0.25, 0.3) is 5.91 Å². The Kier molecular flexibility index (Phi) is 4.85. The highest BCUT2D eigenvalue weighted by molar-refractivity contribution is 6.09. The molecule has 2 N–H and O–H groups in total. The van der Waals surface area contributed by atoms with Crippen molar-refractivity contribution in [3.8, 4) is 0 Å². The van der Waals surface area contributed by atoms with Gasteiger partial charge in [-0.2, -0.15) is 0 Å². The second-order valence-electron chi connectivity index (χ2n) is 4.63. The summed E-state index contributed by atoms with van der Waals surface area (Å²) in [6, 6.07) is 12.8. The summed E-state index contributed by atoms with van der Waals surface area (Å²) in [7, 11) is 0. The zero-order chi connectivity index (χ0) is 15.2. The largest absolute Gasteiger partial charge is 0.392 e. The van der Waals surface area contributed by atoms with E-state index in [0.717, 1.165) is 11.3 Å². The lowest BCUT2D eigenvalue weighted by Gasteiger charge is -2.12. The number of aliphatic imine (C=N–C) groups is 1. The number of carbonyl (C=O) groups excluding carboxylic acids is 1. The maximum absolute atomic E-state index is 12.5. The predicted molar refractivity (Wildman–Crippen MR) is 85.3 cm³/mol. The topological polar surface area (TPSA) is 61.7 Å². The number of para-hydroxylation sites is 1. The number of carbonyl (C=O) groups is 1.